The lowest BCUT2D eigenvalue weighted by Gasteiger charge is -2.03. The molecule has 0 amide bonds. The Morgan fingerprint density at radius 3 is 2.62 bits per heavy atom. The summed E-state index contributed by atoms with van der Waals surface area (Å²) in [5.74, 6) is -0.392. The molecule has 0 saturated carbocycles. The van der Waals surface area contributed by atoms with Crippen LogP contribution >= 0.6 is 0 Å². The third-order valence-corrected chi connectivity index (χ3v) is 3.38. The number of benzene rings is 2. The van der Waals surface area contributed by atoms with Gasteiger partial charge in [0.05, 0.1) is 12.0 Å². The topological polar surface area (TPSA) is 43.4 Å². The van der Waals surface area contributed by atoms with Gasteiger partial charge in [-0.1, -0.05) is 18.2 Å². The first-order valence-corrected chi connectivity index (χ1v) is 5.82. The molecule has 0 fully saturated rings. The van der Waals surface area contributed by atoms with E-state index in [1.54, 1.807) is 6.07 Å². The first-order valence-electron chi connectivity index (χ1n) is 4.41. The van der Waals surface area contributed by atoms with E-state index in [2.05, 4.69) is 11.3 Å². The van der Waals surface area contributed by atoms with Gasteiger partial charge in [-0.3, -0.25) is 4.18 Å². The zero-order chi connectivity index (χ0) is 11.8. The van der Waals surface area contributed by atoms with Crippen molar-refractivity contribution in [3.05, 3.63) is 49.3 Å². The molecule has 0 N–H and O–H groups in total. The molecule has 83 valence electrons. The summed E-state index contributed by atoms with van der Waals surface area (Å²) >= 11 is 0. The molecule has 0 bridgehead atoms. The van der Waals surface area contributed by atoms with Crippen molar-refractivity contribution in [3.8, 4) is 0 Å². The molecule has 0 heterocycles. The summed E-state index contributed by atoms with van der Waals surface area (Å²) in [7, 11) is -0.967. The second kappa shape index (κ2) is 3.84. The summed E-state index contributed by atoms with van der Waals surface area (Å²) in [6.45, 7) is 0. The van der Waals surface area contributed by atoms with Crippen molar-refractivity contribution in [2.24, 2.45) is 0 Å². The van der Waals surface area contributed by atoms with Gasteiger partial charge < -0.3 is 0 Å². The van der Waals surface area contributed by atoms with E-state index in [0.29, 0.717) is 10.8 Å². The predicted octanol–water partition coefficient (Wildman–Crippen LogP) is 2.48. The standard InChI is InChI=1S/C11H8FO3S/c1-15-16(13,14)9-5-6-10-8(7-9)3-2-4-11(10)12/h2-7H,1H2. The van der Waals surface area contributed by atoms with Gasteiger partial charge in [0.1, 0.15) is 5.82 Å². The minimum atomic E-state index is -3.84. The SMILES string of the molecule is [CH2]OS(=O)(=O)c1ccc2c(F)cccc2c1. The van der Waals surface area contributed by atoms with Crippen molar-refractivity contribution in [2.45, 2.75) is 4.90 Å². The van der Waals surface area contributed by atoms with Crippen LogP contribution in [0.4, 0.5) is 4.39 Å². The Labute approximate surface area is 92.6 Å². The summed E-state index contributed by atoms with van der Waals surface area (Å²) in [6.07, 6.45) is 0. The highest BCUT2D eigenvalue weighted by Crippen LogP contribution is 2.22. The lowest BCUT2D eigenvalue weighted by atomic mass is 10.1. The molecule has 1 radical (unpaired) electrons. The van der Waals surface area contributed by atoms with Gasteiger partial charge in [-0.2, -0.15) is 8.42 Å². The zero-order valence-corrected chi connectivity index (χ0v) is 9.00. The number of fused-ring (bicyclic) bond motifs is 1. The molecule has 0 unspecified atom stereocenters. The fourth-order valence-electron chi connectivity index (χ4n) is 1.45. The number of hydrogen-bond acceptors (Lipinski definition) is 3. The fraction of sp³-hybridized carbons (Fsp3) is 0. The molecule has 2 aromatic rings. The Bertz CT molecular complexity index is 635. The van der Waals surface area contributed by atoms with Crippen LogP contribution in [0, 0.1) is 12.9 Å². The van der Waals surface area contributed by atoms with E-state index in [1.807, 2.05) is 0 Å². The van der Waals surface area contributed by atoms with Gasteiger partial charge in [0.25, 0.3) is 10.1 Å². The first kappa shape index (κ1) is 11.0. The molecule has 0 aliphatic rings. The molecule has 0 aliphatic carbocycles. The highest BCUT2D eigenvalue weighted by molar-refractivity contribution is 7.86. The summed E-state index contributed by atoms with van der Waals surface area (Å²) in [4.78, 5) is -0.0411. The molecular weight excluding hydrogens is 231 g/mol. The molecule has 0 aliphatic heterocycles. The van der Waals surface area contributed by atoms with E-state index in [-0.39, 0.29) is 4.90 Å². The normalized spacial score (nSPS) is 11.9. The van der Waals surface area contributed by atoms with E-state index in [1.165, 1.54) is 30.3 Å². The Balaban J connectivity index is 2.71. The minimum Gasteiger partial charge on any atom is -0.264 e. The van der Waals surface area contributed by atoms with Gasteiger partial charge in [0.15, 0.2) is 0 Å². The second-order valence-corrected chi connectivity index (χ2v) is 4.81. The maximum absolute atomic E-state index is 13.3. The maximum atomic E-state index is 13.3. The van der Waals surface area contributed by atoms with Crippen LogP contribution in [0.15, 0.2) is 41.3 Å². The average molecular weight is 239 g/mol. The Morgan fingerprint density at radius 2 is 1.94 bits per heavy atom. The first-order chi connectivity index (χ1) is 7.54. The van der Waals surface area contributed by atoms with Crippen LogP contribution in [0.2, 0.25) is 0 Å². The van der Waals surface area contributed by atoms with Gasteiger partial charge in [-0.15, -0.1) is 0 Å². The van der Waals surface area contributed by atoms with E-state index in [9.17, 15) is 12.8 Å². The zero-order valence-electron chi connectivity index (χ0n) is 8.18. The lowest BCUT2D eigenvalue weighted by molar-refractivity contribution is 0.438. The Kier molecular flexibility index (Phi) is 2.65. The van der Waals surface area contributed by atoms with Crippen molar-refractivity contribution in [2.75, 3.05) is 0 Å². The average Bonchev–Trinajstić information content (AvgIpc) is 2.29. The largest absolute Gasteiger partial charge is 0.297 e. The predicted molar refractivity (Wildman–Crippen MR) is 57.5 cm³/mol. The lowest BCUT2D eigenvalue weighted by Crippen LogP contribution is -2.01. The van der Waals surface area contributed by atoms with Crippen LogP contribution in [-0.2, 0) is 14.3 Å². The van der Waals surface area contributed by atoms with Gasteiger partial charge in [-0.25, -0.2) is 4.39 Å². The van der Waals surface area contributed by atoms with Crippen LogP contribution < -0.4 is 0 Å². The van der Waals surface area contributed by atoms with E-state index >= 15 is 0 Å². The summed E-state index contributed by atoms with van der Waals surface area (Å²) in [5, 5.41) is 0.864. The molecule has 2 aromatic carbocycles. The van der Waals surface area contributed by atoms with Gasteiger partial charge in [0.2, 0.25) is 0 Å². The van der Waals surface area contributed by atoms with Crippen LogP contribution in [-0.4, -0.2) is 8.42 Å². The molecule has 2 rings (SSSR count). The van der Waals surface area contributed by atoms with E-state index in [0.717, 1.165) is 0 Å². The Hall–Kier alpha value is -1.46. The van der Waals surface area contributed by atoms with Gasteiger partial charge in [-0.05, 0) is 23.6 Å². The third-order valence-electron chi connectivity index (χ3n) is 2.24. The van der Waals surface area contributed by atoms with Crippen molar-refractivity contribution in [1.82, 2.24) is 0 Å². The van der Waals surface area contributed by atoms with Crippen molar-refractivity contribution < 1.29 is 17.0 Å². The minimum absolute atomic E-state index is 0.0411. The van der Waals surface area contributed by atoms with Crippen molar-refractivity contribution in [3.63, 3.8) is 0 Å². The highest BCUT2D eigenvalue weighted by atomic mass is 32.2. The quantitative estimate of drug-likeness (QED) is 0.756. The van der Waals surface area contributed by atoms with E-state index in [4.69, 9.17) is 0 Å². The molecule has 0 spiro atoms. The fourth-order valence-corrected chi connectivity index (χ4v) is 2.09. The molecule has 3 nitrogen and oxygen atoms in total. The van der Waals surface area contributed by atoms with Gasteiger partial charge >= 0.3 is 0 Å². The number of rotatable bonds is 2. The molecule has 0 saturated heterocycles. The maximum Gasteiger partial charge on any atom is 0.297 e. The summed E-state index contributed by atoms with van der Waals surface area (Å²) in [6, 6.07) is 8.48. The summed E-state index contributed by atoms with van der Waals surface area (Å²) < 4.78 is 40.1. The molecule has 5 heteroatoms. The second-order valence-electron chi connectivity index (χ2n) is 3.19. The van der Waals surface area contributed by atoms with Crippen molar-refractivity contribution in [1.29, 1.82) is 0 Å². The Morgan fingerprint density at radius 1 is 1.19 bits per heavy atom. The van der Waals surface area contributed by atoms with Crippen LogP contribution in [0.1, 0.15) is 0 Å². The van der Waals surface area contributed by atoms with Gasteiger partial charge in [0, 0.05) is 5.39 Å². The van der Waals surface area contributed by atoms with Crippen LogP contribution in [0.3, 0.4) is 0 Å². The molecule has 0 aromatic heterocycles. The molecule has 0 atom stereocenters. The van der Waals surface area contributed by atoms with Crippen LogP contribution in [0.5, 0.6) is 0 Å². The van der Waals surface area contributed by atoms with E-state index < -0.39 is 15.9 Å². The highest BCUT2D eigenvalue weighted by Gasteiger charge is 2.13. The van der Waals surface area contributed by atoms with Crippen LogP contribution in [0.25, 0.3) is 10.8 Å². The summed E-state index contributed by atoms with van der Waals surface area (Å²) in [5.41, 5.74) is 0. The monoisotopic (exact) mass is 239 g/mol. The number of halogens is 1. The molecular formula is C11H8FO3S. The van der Waals surface area contributed by atoms with Crippen molar-refractivity contribution >= 4 is 20.9 Å². The number of hydrogen-bond donors (Lipinski definition) is 0. The smallest absolute Gasteiger partial charge is 0.264 e. The third kappa shape index (κ3) is 1.79. The molecule has 16 heavy (non-hydrogen) atoms.